The second kappa shape index (κ2) is 3.63. The Morgan fingerprint density at radius 1 is 1.50 bits per heavy atom. The zero-order valence-corrected chi connectivity index (χ0v) is 7.44. The highest BCUT2D eigenvalue weighted by Crippen LogP contribution is 2.09. The van der Waals surface area contributed by atoms with Crippen LogP contribution in [0, 0.1) is 12.3 Å². The molecule has 0 aromatic rings. The third-order valence-electron chi connectivity index (χ3n) is 1.87. The van der Waals surface area contributed by atoms with Gasteiger partial charge in [-0.15, -0.1) is 6.42 Å². The molecule has 58 valence electrons. The van der Waals surface area contributed by atoms with E-state index in [1.54, 1.807) is 0 Å². The van der Waals surface area contributed by atoms with E-state index < -0.39 is 0 Å². The average molecular weight is 139 g/mol. The van der Waals surface area contributed by atoms with E-state index in [9.17, 15) is 0 Å². The first-order valence-electron chi connectivity index (χ1n) is 3.73. The first kappa shape index (κ1) is 9.52. The van der Waals surface area contributed by atoms with E-state index in [2.05, 4.69) is 38.6 Å². The van der Waals surface area contributed by atoms with Crippen molar-refractivity contribution >= 4 is 0 Å². The quantitative estimate of drug-likeness (QED) is 0.538. The van der Waals surface area contributed by atoms with Crippen molar-refractivity contribution in [3.05, 3.63) is 0 Å². The molecule has 10 heavy (non-hydrogen) atoms. The maximum atomic E-state index is 5.35. The minimum absolute atomic E-state index is 0.0873. The van der Waals surface area contributed by atoms with Crippen LogP contribution in [-0.2, 0) is 0 Å². The fraction of sp³-hybridized carbons (Fsp3) is 0.778. The summed E-state index contributed by atoms with van der Waals surface area (Å²) in [6, 6.07) is 0. The lowest BCUT2D eigenvalue weighted by atomic mass is 10.1. The van der Waals surface area contributed by atoms with Gasteiger partial charge in [-0.25, -0.2) is 0 Å². The van der Waals surface area contributed by atoms with Gasteiger partial charge in [-0.1, -0.05) is 12.8 Å². The van der Waals surface area contributed by atoms with Crippen LogP contribution in [0.3, 0.4) is 0 Å². The van der Waals surface area contributed by atoms with Gasteiger partial charge in [0.15, 0.2) is 0 Å². The topological polar surface area (TPSA) is 3.24 Å². The lowest BCUT2D eigenvalue weighted by Crippen LogP contribution is -2.39. The van der Waals surface area contributed by atoms with Crippen LogP contribution in [0.2, 0.25) is 0 Å². The molecule has 0 radical (unpaired) electrons. The van der Waals surface area contributed by atoms with Gasteiger partial charge >= 0.3 is 0 Å². The van der Waals surface area contributed by atoms with Crippen LogP contribution < -0.4 is 0 Å². The minimum atomic E-state index is -0.0873. The summed E-state index contributed by atoms with van der Waals surface area (Å²) in [5, 5.41) is 0. The van der Waals surface area contributed by atoms with E-state index in [0.29, 0.717) is 0 Å². The Hall–Kier alpha value is -0.480. The average Bonchev–Trinajstić information content (AvgIpc) is 1.89. The molecule has 0 saturated carbocycles. The van der Waals surface area contributed by atoms with Gasteiger partial charge in [-0.3, -0.25) is 4.90 Å². The van der Waals surface area contributed by atoms with Gasteiger partial charge in [0.1, 0.15) is 0 Å². The van der Waals surface area contributed by atoms with Crippen molar-refractivity contribution in [1.29, 1.82) is 0 Å². The summed E-state index contributed by atoms with van der Waals surface area (Å²) in [7, 11) is 2.06. The van der Waals surface area contributed by atoms with Crippen molar-refractivity contribution in [2.45, 2.75) is 32.7 Å². The van der Waals surface area contributed by atoms with Crippen molar-refractivity contribution in [1.82, 2.24) is 4.90 Å². The van der Waals surface area contributed by atoms with E-state index in [4.69, 9.17) is 6.42 Å². The molecule has 0 heterocycles. The van der Waals surface area contributed by atoms with E-state index in [1.165, 1.54) is 0 Å². The van der Waals surface area contributed by atoms with Gasteiger partial charge in [0.25, 0.3) is 0 Å². The maximum Gasteiger partial charge on any atom is 0.0763 e. The second-order valence-corrected chi connectivity index (χ2v) is 3.12. The number of hydrogen-bond acceptors (Lipinski definition) is 1. The molecule has 0 aromatic heterocycles. The summed E-state index contributed by atoms with van der Waals surface area (Å²) < 4.78 is 0. The molecule has 0 rings (SSSR count). The number of terminal acetylenes is 1. The normalized spacial score (nSPS) is 11.6. The van der Waals surface area contributed by atoms with E-state index in [1.807, 2.05) is 0 Å². The van der Waals surface area contributed by atoms with Gasteiger partial charge in [-0.2, -0.15) is 0 Å². The van der Waals surface area contributed by atoms with Gasteiger partial charge in [-0.05, 0) is 33.9 Å². The summed E-state index contributed by atoms with van der Waals surface area (Å²) in [6.07, 6.45) is 6.50. The van der Waals surface area contributed by atoms with Crippen LogP contribution in [0.25, 0.3) is 0 Å². The van der Waals surface area contributed by atoms with Crippen molar-refractivity contribution < 1.29 is 0 Å². The lowest BCUT2D eigenvalue weighted by Gasteiger charge is -2.30. The van der Waals surface area contributed by atoms with E-state index >= 15 is 0 Å². The van der Waals surface area contributed by atoms with Gasteiger partial charge in [0.05, 0.1) is 5.54 Å². The highest BCUT2D eigenvalue weighted by Gasteiger charge is 2.18. The zero-order valence-electron chi connectivity index (χ0n) is 7.44. The van der Waals surface area contributed by atoms with Crippen LogP contribution in [0.15, 0.2) is 0 Å². The molecule has 0 aliphatic carbocycles. The molecule has 0 atom stereocenters. The van der Waals surface area contributed by atoms with Gasteiger partial charge < -0.3 is 0 Å². The Bertz CT molecular complexity index is 130. The number of hydrogen-bond donors (Lipinski definition) is 0. The third-order valence-corrected chi connectivity index (χ3v) is 1.87. The molecule has 0 bridgehead atoms. The monoisotopic (exact) mass is 139 g/mol. The van der Waals surface area contributed by atoms with Crippen molar-refractivity contribution in [3.8, 4) is 12.3 Å². The Balaban J connectivity index is 3.94. The number of nitrogens with zero attached hydrogens (tertiary/aromatic N) is 1. The molecule has 0 unspecified atom stereocenters. The van der Waals surface area contributed by atoms with E-state index in [0.717, 1.165) is 13.0 Å². The van der Waals surface area contributed by atoms with Crippen molar-refractivity contribution in [2.24, 2.45) is 0 Å². The van der Waals surface area contributed by atoms with Crippen LogP contribution in [0.4, 0.5) is 0 Å². The summed E-state index contributed by atoms with van der Waals surface area (Å²) in [5.74, 6) is 2.75. The molecule has 0 aliphatic heterocycles. The highest BCUT2D eigenvalue weighted by molar-refractivity contribution is 5.07. The predicted octanol–water partition coefficient (Wildman–Crippen LogP) is 1.74. The summed E-state index contributed by atoms with van der Waals surface area (Å²) >= 11 is 0. The molecular formula is C9H17N. The first-order valence-corrected chi connectivity index (χ1v) is 3.73. The summed E-state index contributed by atoms with van der Waals surface area (Å²) in [4.78, 5) is 2.19. The van der Waals surface area contributed by atoms with Crippen molar-refractivity contribution in [3.63, 3.8) is 0 Å². The Morgan fingerprint density at radius 3 is 2.30 bits per heavy atom. The van der Waals surface area contributed by atoms with E-state index in [-0.39, 0.29) is 5.54 Å². The largest absolute Gasteiger partial charge is 0.291 e. The fourth-order valence-electron chi connectivity index (χ4n) is 0.725. The molecule has 0 amide bonds. The molecule has 1 nitrogen and oxygen atoms in total. The molecule has 0 aliphatic rings. The molecule has 0 spiro atoms. The van der Waals surface area contributed by atoms with Crippen LogP contribution in [-0.4, -0.2) is 24.0 Å². The van der Waals surface area contributed by atoms with Crippen LogP contribution >= 0.6 is 0 Å². The number of rotatable bonds is 3. The summed E-state index contributed by atoms with van der Waals surface area (Å²) in [6.45, 7) is 7.34. The van der Waals surface area contributed by atoms with Gasteiger partial charge in [0.2, 0.25) is 0 Å². The van der Waals surface area contributed by atoms with Crippen molar-refractivity contribution in [2.75, 3.05) is 13.6 Å². The molecular weight excluding hydrogens is 122 g/mol. The first-order chi connectivity index (χ1) is 4.54. The van der Waals surface area contributed by atoms with Gasteiger partial charge in [0, 0.05) is 0 Å². The Kier molecular flexibility index (Phi) is 3.46. The fourth-order valence-corrected chi connectivity index (χ4v) is 0.725. The summed E-state index contributed by atoms with van der Waals surface area (Å²) in [5.41, 5.74) is -0.0873. The SMILES string of the molecule is C#CC(C)(C)N(C)CCC. The lowest BCUT2D eigenvalue weighted by molar-refractivity contribution is 0.214. The van der Waals surface area contributed by atoms with Crippen LogP contribution in [0.1, 0.15) is 27.2 Å². The standard InChI is InChI=1S/C9H17N/c1-6-8-10(5)9(3,4)7-2/h2H,6,8H2,1,3-5H3. The molecule has 0 N–H and O–H groups in total. The Labute approximate surface area is 64.4 Å². The Morgan fingerprint density at radius 2 is 2.00 bits per heavy atom. The van der Waals surface area contributed by atoms with Crippen LogP contribution in [0.5, 0.6) is 0 Å². The third kappa shape index (κ3) is 2.41. The molecule has 1 heteroatoms. The predicted molar refractivity (Wildman–Crippen MR) is 45.8 cm³/mol. The maximum absolute atomic E-state index is 5.35. The smallest absolute Gasteiger partial charge is 0.0763 e. The zero-order chi connectivity index (χ0) is 8.20. The molecule has 0 aromatic carbocycles. The molecule has 0 fully saturated rings. The minimum Gasteiger partial charge on any atom is -0.291 e. The highest BCUT2D eigenvalue weighted by atomic mass is 15.1. The second-order valence-electron chi connectivity index (χ2n) is 3.12. The molecule has 0 saturated heterocycles.